The second-order valence-electron chi connectivity index (χ2n) is 12.7. The number of hydrogen-bond donors (Lipinski definition) is 1. The summed E-state index contributed by atoms with van der Waals surface area (Å²) in [6.07, 6.45) is 13.5. The van der Waals surface area contributed by atoms with Crippen LogP contribution in [-0.4, -0.2) is 29.7 Å². The summed E-state index contributed by atoms with van der Waals surface area (Å²) in [4.78, 5) is 0. The van der Waals surface area contributed by atoms with Gasteiger partial charge in [-0.1, -0.05) is 39.3 Å². The molecule has 1 unspecified atom stereocenters. The molecule has 0 radical (unpaired) electrons. The number of rotatable bonds is 0. The summed E-state index contributed by atoms with van der Waals surface area (Å²) in [5.74, 6) is 3.94. The molecule has 2 saturated heterocycles. The highest BCUT2D eigenvalue weighted by Crippen LogP contribution is 2.70. The number of fused-ring (bicyclic) bond motifs is 7. The second-order valence-corrected chi connectivity index (χ2v) is 12.7. The van der Waals surface area contributed by atoms with Crippen LogP contribution in [0.2, 0.25) is 0 Å². The molecule has 2 aliphatic heterocycles. The van der Waals surface area contributed by atoms with E-state index >= 15 is 0 Å². The van der Waals surface area contributed by atoms with Gasteiger partial charge in [-0.2, -0.15) is 0 Å². The molecule has 1 spiro atoms. The quantitative estimate of drug-likeness (QED) is 0.516. The van der Waals surface area contributed by atoms with Crippen LogP contribution in [0.4, 0.5) is 0 Å². The molecule has 1 N–H and O–H groups in total. The summed E-state index contributed by atoms with van der Waals surface area (Å²) in [6.45, 7) is 10.8. The zero-order valence-corrected chi connectivity index (χ0v) is 19.5. The molecule has 4 aliphatic carbocycles. The van der Waals surface area contributed by atoms with Gasteiger partial charge in [-0.3, -0.25) is 0 Å². The SMILES string of the molecule is C[C@@H]1CC[C@@]2(OC1)OC1C[C@H]3[C@@H]4CC=C5C[C@@H](O)CC[C@]5(C)[C@H]4CC[C@]3(C)[C@H]1[C@@H]2C. The van der Waals surface area contributed by atoms with Gasteiger partial charge in [-0.25, -0.2) is 0 Å². The van der Waals surface area contributed by atoms with Gasteiger partial charge in [0.15, 0.2) is 5.79 Å². The molecule has 6 aliphatic rings. The van der Waals surface area contributed by atoms with Gasteiger partial charge >= 0.3 is 0 Å². The minimum atomic E-state index is -0.294. The van der Waals surface area contributed by atoms with E-state index in [0.29, 0.717) is 34.7 Å². The zero-order chi connectivity index (χ0) is 20.9. The third-order valence-corrected chi connectivity index (χ3v) is 11.3. The minimum absolute atomic E-state index is 0.107. The first kappa shape index (κ1) is 20.2. The predicted octanol–water partition coefficient (Wildman–Crippen LogP) is 5.71. The predicted molar refractivity (Wildman–Crippen MR) is 118 cm³/mol. The van der Waals surface area contributed by atoms with Crippen molar-refractivity contribution in [3.63, 3.8) is 0 Å². The lowest BCUT2D eigenvalue weighted by Gasteiger charge is -2.58. The molecule has 0 aromatic rings. The normalized spacial score (nSPS) is 59.8. The van der Waals surface area contributed by atoms with Crippen molar-refractivity contribution in [3.05, 3.63) is 11.6 Å². The van der Waals surface area contributed by atoms with Crippen molar-refractivity contribution in [2.24, 2.45) is 46.3 Å². The van der Waals surface area contributed by atoms with E-state index in [9.17, 15) is 5.11 Å². The summed E-state index contributed by atoms with van der Waals surface area (Å²) in [5.41, 5.74) is 2.31. The van der Waals surface area contributed by atoms with Gasteiger partial charge in [0.25, 0.3) is 0 Å². The van der Waals surface area contributed by atoms with Crippen LogP contribution >= 0.6 is 0 Å². The molecule has 30 heavy (non-hydrogen) atoms. The molecule has 11 atom stereocenters. The fourth-order valence-electron chi connectivity index (χ4n) is 9.66. The second kappa shape index (κ2) is 6.58. The Balaban J connectivity index is 1.28. The zero-order valence-electron chi connectivity index (χ0n) is 19.5. The lowest BCUT2D eigenvalue weighted by atomic mass is 9.47. The molecule has 3 saturated carbocycles. The Kier molecular flexibility index (Phi) is 4.44. The van der Waals surface area contributed by atoms with E-state index in [1.807, 2.05) is 0 Å². The van der Waals surface area contributed by atoms with E-state index in [-0.39, 0.29) is 11.9 Å². The van der Waals surface area contributed by atoms with Crippen LogP contribution in [0.3, 0.4) is 0 Å². The molecular weight excluding hydrogens is 372 g/mol. The Morgan fingerprint density at radius 3 is 2.63 bits per heavy atom. The number of aliphatic hydroxyl groups is 1. The van der Waals surface area contributed by atoms with Crippen molar-refractivity contribution in [2.45, 2.75) is 103 Å². The third kappa shape index (κ3) is 2.55. The third-order valence-electron chi connectivity index (χ3n) is 11.3. The number of hydrogen-bond acceptors (Lipinski definition) is 3. The summed E-state index contributed by atoms with van der Waals surface area (Å²) >= 11 is 0. The molecule has 0 aromatic heterocycles. The molecule has 2 heterocycles. The lowest BCUT2D eigenvalue weighted by Crippen LogP contribution is -2.52. The smallest absolute Gasteiger partial charge is 0.171 e. The monoisotopic (exact) mass is 414 g/mol. The average molecular weight is 415 g/mol. The van der Waals surface area contributed by atoms with Crippen LogP contribution in [-0.2, 0) is 9.47 Å². The molecule has 0 bridgehead atoms. The van der Waals surface area contributed by atoms with Crippen molar-refractivity contribution in [2.75, 3.05) is 6.61 Å². The maximum Gasteiger partial charge on any atom is 0.171 e. The fourth-order valence-corrected chi connectivity index (χ4v) is 9.66. The van der Waals surface area contributed by atoms with E-state index in [0.717, 1.165) is 43.6 Å². The van der Waals surface area contributed by atoms with Crippen LogP contribution in [0.15, 0.2) is 11.6 Å². The topological polar surface area (TPSA) is 38.7 Å². The highest BCUT2D eigenvalue weighted by atomic mass is 16.7. The Labute approximate surface area is 183 Å². The van der Waals surface area contributed by atoms with Crippen molar-refractivity contribution < 1.29 is 14.6 Å². The summed E-state index contributed by atoms with van der Waals surface area (Å²) in [5, 5.41) is 10.3. The highest BCUT2D eigenvalue weighted by molar-refractivity contribution is 5.26. The van der Waals surface area contributed by atoms with Crippen molar-refractivity contribution in [1.29, 1.82) is 0 Å². The molecule has 168 valence electrons. The molecular formula is C27H42O3. The Bertz CT molecular complexity index is 736. The van der Waals surface area contributed by atoms with Crippen LogP contribution in [0.5, 0.6) is 0 Å². The van der Waals surface area contributed by atoms with Gasteiger partial charge in [-0.15, -0.1) is 0 Å². The largest absolute Gasteiger partial charge is 0.393 e. The number of aliphatic hydroxyl groups excluding tert-OH is 1. The van der Waals surface area contributed by atoms with E-state index < -0.39 is 0 Å². The van der Waals surface area contributed by atoms with Gasteiger partial charge in [0.05, 0.1) is 18.8 Å². The Hall–Kier alpha value is -0.380. The molecule has 5 fully saturated rings. The van der Waals surface area contributed by atoms with Crippen molar-refractivity contribution in [1.82, 2.24) is 0 Å². The Morgan fingerprint density at radius 2 is 1.87 bits per heavy atom. The molecule has 3 heteroatoms. The van der Waals surface area contributed by atoms with Crippen molar-refractivity contribution >= 4 is 0 Å². The van der Waals surface area contributed by atoms with Crippen LogP contribution in [0.1, 0.15) is 85.5 Å². The first-order chi connectivity index (χ1) is 14.3. The highest BCUT2D eigenvalue weighted by Gasteiger charge is 2.68. The number of ether oxygens (including phenoxy) is 2. The minimum Gasteiger partial charge on any atom is -0.393 e. The number of allylic oxidation sites excluding steroid dienone is 1. The maximum absolute atomic E-state index is 10.3. The lowest BCUT2D eigenvalue weighted by molar-refractivity contribution is -0.272. The molecule has 0 amide bonds. The Morgan fingerprint density at radius 1 is 1.03 bits per heavy atom. The van der Waals surface area contributed by atoms with E-state index in [4.69, 9.17) is 9.47 Å². The van der Waals surface area contributed by atoms with Gasteiger partial charge in [0.2, 0.25) is 0 Å². The summed E-state index contributed by atoms with van der Waals surface area (Å²) in [7, 11) is 0. The standard InChI is InChI=1S/C27H42O3/c1-16-7-12-27(29-15-16)17(2)24-23(30-27)14-22-20-6-5-18-13-19(28)8-10-25(18,3)21(20)9-11-26(22,24)4/h5,16-17,19-24,28H,6-15H2,1-4H3/t16-,17+,19+,20-,21+,22+,23?,24+,25+,26+,27-/m1/s1. The van der Waals surface area contributed by atoms with E-state index in [2.05, 4.69) is 33.8 Å². The first-order valence-corrected chi connectivity index (χ1v) is 13.0. The average Bonchev–Trinajstić information content (AvgIpc) is 3.16. The van der Waals surface area contributed by atoms with Crippen LogP contribution < -0.4 is 0 Å². The maximum atomic E-state index is 10.3. The fraction of sp³-hybridized carbons (Fsp3) is 0.926. The first-order valence-electron chi connectivity index (χ1n) is 13.0. The van der Waals surface area contributed by atoms with E-state index in [1.54, 1.807) is 5.57 Å². The van der Waals surface area contributed by atoms with Gasteiger partial charge in [0.1, 0.15) is 0 Å². The van der Waals surface area contributed by atoms with Crippen molar-refractivity contribution in [3.8, 4) is 0 Å². The van der Waals surface area contributed by atoms with Gasteiger partial charge < -0.3 is 14.6 Å². The summed E-state index contributed by atoms with van der Waals surface area (Å²) in [6, 6.07) is 0. The van der Waals surface area contributed by atoms with Crippen LogP contribution in [0, 0.1) is 46.3 Å². The summed E-state index contributed by atoms with van der Waals surface area (Å²) < 4.78 is 13.3. The van der Waals surface area contributed by atoms with Gasteiger partial charge in [-0.05, 0) is 91.8 Å². The van der Waals surface area contributed by atoms with Crippen LogP contribution in [0.25, 0.3) is 0 Å². The van der Waals surface area contributed by atoms with Gasteiger partial charge in [0, 0.05) is 12.3 Å². The molecule has 6 rings (SSSR count). The molecule has 0 aromatic carbocycles. The van der Waals surface area contributed by atoms with E-state index in [1.165, 1.54) is 38.5 Å². The molecule has 3 nitrogen and oxygen atoms in total.